The molecular formula is C21H20Cl2N2O3S. The zero-order valence-corrected chi connectivity index (χ0v) is 18.1. The Labute approximate surface area is 180 Å². The number of nitrogens with zero attached hydrogens (tertiary/aromatic N) is 2. The Bertz CT molecular complexity index is 1150. The molecule has 1 saturated heterocycles. The number of anilines is 1. The first-order chi connectivity index (χ1) is 13.9. The van der Waals surface area contributed by atoms with Gasteiger partial charge in [0.1, 0.15) is 10.6 Å². The van der Waals surface area contributed by atoms with Crippen molar-refractivity contribution in [1.82, 2.24) is 4.31 Å². The zero-order chi connectivity index (χ0) is 20.6. The molecule has 0 unspecified atom stereocenters. The topological polar surface area (TPSA) is 49.9 Å². The largest absolute Gasteiger partial charge is 0.495 e. The van der Waals surface area contributed by atoms with Crippen LogP contribution >= 0.6 is 23.2 Å². The average Bonchev–Trinajstić information content (AvgIpc) is 2.74. The molecule has 3 aromatic carbocycles. The highest BCUT2D eigenvalue weighted by atomic mass is 35.5. The number of hydrogen-bond donors (Lipinski definition) is 0. The molecule has 1 aliphatic heterocycles. The Morgan fingerprint density at radius 1 is 0.897 bits per heavy atom. The van der Waals surface area contributed by atoms with Gasteiger partial charge in [-0.15, -0.1) is 0 Å². The molecule has 1 heterocycles. The van der Waals surface area contributed by atoms with E-state index in [9.17, 15) is 8.42 Å². The highest BCUT2D eigenvalue weighted by molar-refractivity contribution is 7.89. The van der Waals surface area contributed by atoms with Crippen molar-refractivity contribution in [3.8, 4) is 5.75 Å². The Hall–Kier alpha value is -1.99. The van der Waals surface area contributed by atoms with Gasteiger partial charge in [0.25, 0.3) is 0 Å². The molecule has 8 heteroatoms. The van der Waals surface area contributed by atoms with Gasteiger partial charge in [0, 0.05) is 43.3 Å². The smallest absolute Gasteiger partial charge is 0.244 e. The van der Waals surface area contributed by atoms with Crippen LogP contribution in [0.4, 0.5) is 5.69 Å². The van der Waals surface area contributed by atoms with Crippen LogP contribution in [0.15, 0.2) is 59.5 Å². The fourth-order valence-corrected chi connectivity index (χ4v) is 5.90. The molecule has 4 rings (SSSR count). The number of sulfonamides is 1. The van der Waals surface area contributed by atoms with E-state index >= 15 is 0 Å². The van der Waals surface area contributed by atoms with E-state index in [-0.39, 0.29) is 14.9 Å². The molecule has 0 bridgehead atoms. The predicted molar refractivity (Wildman–Crippen MR) is 118 cm³/mol. The van der Waals surface area contributed by atoms with Crippen LogP contribution in [0.3, 0.4) is 0 Å². The SMILES string of the molecule is COc1cc(Cl)c(S(=O)(=O)N2CCN(c3cccc4ccccc34)CC2)cc1Cl. The normalized spacial score (nSPS) is 15.6. The molecule has 0 N–H and O–H groups in total. The lowest BCUT2D eigenvalue weighted by molar-refractivity contribution is 0.385. The lowest BCUT2D eigenvalue weighted by Crippen LogP contribution is -2.48. The molecule has 29 heavy (non-hydrogen) atoms. The third-order valence-electron chi connectivity index (χ3n) is 5.17. The standard InChI is InChI=1S/C21H20Cl2N2O3S/c1-28-20-13-18(23)21(14-17(20)22)29(26,27)25-11-9-24(10-12-25)19-8-4-6-15-5-2-3-7-16(15)19/h2-8,13-14H,9-12H2,1H3. The van der Waals surface area contributed by atoms with Crippen LogP contribution in [0, 0.1) is 0 Å². The van der Waals surface area contributed by atoms with Crippen molar-refractivity contribution in [2.45, 2.75) is 4.90 Å². The van der Waals surface area contributed by atoms with Gasteiger partial charge in [0.05, 0.1) is 17.2 Å². The maximum atomic E-state index is 13.1. The second kappa shape index (κ2) is 8.03. The summed E-state index contributed by atoms with van der Waals surface area (Å²) in [6.07, 6.45) is 0. The van der Waals surface area contributed by atoms with E-state index in [1.165, 1.54) is 28.9 Å². The summed E-state index contributed by atoms with van der Waals surface area (Å²) in [7, 11) is -2.30. The highest BCUT2D eigenvalue weighted by Crippen LogP contribution is 2.35. The van der Waals surface area contributed by atoms with Crippen LogP contribution in [0.1, 0.15) is 0 Å². The van der Waals surface area contributed by atoms with Crippen molar-refractivity contribution in [1.29, 1.82) is 0 Å². The monoisotopic (exact) mass is 450 g/mol. The van der Waals surface area contributed by atoms with Crippen molar-refractivity contribution in [2.75, 3.05) is 38.2 Å². The summed E-state index contributed by atoms with van der Waals surface area (Å²) in [5, 5.41) is 2.64. The first kappa shape index (κ1) is 20.3. The first-order valence-corrected chi connectivity index (χ1v) is 11.4. The molecule has 0 aliphatic carbocycles. The summed E-state index contributed by atoms with van der Waals surface area (Å²) < 4.78 is 32.8. The molecule has 5 nitrogen and oxygen atoms in total. The number of fused-ring (bicyclic) bond motifs is 1. The third-order valence-corrected chi connectivity index (χ3v) is 7.83. The Kier molecular flexibility index (Phi) is 5.62. The lowest BCUT2D eigenvalue weighted by atomic mass is 10.1. The zero-order valence-electron chi connectivity index (χ0n) is 15.8. The van der Waals surface area contributed by atoms with Crippen LogP contribution in [0.2, 0.25) is 10.0 Å². The van der Waals surface area contributed by atoms with Gasteiger partial charge in [0.2, 0.25) is 10.0 Å². The number of methoxy groups -OCH3 is 1. The van der Waals surface area contributed by atoms with Crippen molar-refractivity contribution in [2.24, 2.45) is 0 Å². The Morgan fingerprint density at radius 3 is 2.31 bits per heavy atom. The molecule has 152 valence electrons. The molecule has 1 fully saturated rings. The van der Waals surface area contributed by atoms with E-state index in [0.717, 1.165) is 11.1 Å². The molecule has 0 saturated carbocycles. The summed E-state index contributed by atoms with van der Waals surface area (Å²) in [5.41, 5.74) is 1.12. The second-order valence-corrected chi connectivity index (χ2v) is 9.53. The van der Waals surface area contributed by atoms with Gasteiger partial charge < -0.3 is 9.64 Å². The van der Waals surface area contributed by atoms with Gasteiger partial charge in [-0.3, -0.25) is 0 Å². The van der Waals surface area contributed by atoms with E-state index in [1.54, 1.807) is 0 Å². The number of halogens is 2. The van der Waals surface area contributed by atoms with Crippen LogP contribution in [0.25, 0.3) is 10.8 Å². The fourth-order valence-electron chi connectivity index (χ4n) is 3.66. The second-order valence-electron chi connectivity index (χ2n) is 6.81. The van der Waals surface area contributed by atoms with Gasteiger partial charge in [-0.05, 0) is 17.5 Å². The van der Waals surface area contributed by atoms with Gasteiger partial charge in [-0.2, -0.15) is 4.31 Å². The predicted octanol–water partition coefficient (Wildman–Crippen LogP) is 4.67. The number of rotatable bonds is 4. The molecule has 0 amide bonds. The summed E-state index contributed by atoms with van der Waals surface area (Å²) in [5.74, 6) is 0.344. The van der Waals surface area contributed by atoms with Gasteiger partial charge in [-0.1, -0.05) is 59.6 Å². The minimum absolute atomic E-state index is 0.00331. The molecule has 0 spiro atoms. The molecule has 0 radical (unpaired) electrons. The van der Waals surface area contributed by atoms with Crippen molar-refractivity contribution >= 4 is 49.7 Å². The van der Waals surface area contributed by atoms with E-state index < -0.39 is 10.0 Å². The molecule has 0 aromatic heterocycles. The maximum Gasteiger partial charge on any atom is 0.244 e. The first-order valence-electron chi connectivity index (χ1n) is 9.17. The Balaban J connectivity index is 1.57. The number of ether oxygens (including phenoxy) is 1. The molecule has 1 aliphatic rings. The van der Waals surface area contributed by atoms with Crippen LogP contribution in [-0.2, 0) is 10.0 Å². The van der Waals surface area contributed by atoms with E-state index in [1.807, 2.05) is 18.2 Å². The van der Waals surface area contributed by atoms with E-state index in [2.05, 4.69) is 29.2 Å². The van der Waals surface area contributed by atoms with Crippen molar-refractivity contribution in [3.05, 3.63) is 64.6 Å². The Morgan fingerprint density at radius 2 is 1.59 bits per heavy atom. The number of piperazine rings is 1. The molecular weight excluding hydrogens is 431 g/mol. The summed E-state index contributed by atoms with van der Waals surface area (Å²) in [6.45, 7) is 1.92. The minimum Gasteiger partial charge on any atom is -0.495 e. The van der Waals surface area contributed by atoms with E-state index in [0.29, 0.717) is 31.9 Å². The highest BCUT2D eigenvalue weighted by Gasteiger charge is 2.31. The number of benzene rings is 3. The van der Waals surface area contributed by atoms with Gasteiger partial charge in [-0.25, -0.2) is 8.42 Å². The molecule has 3 aromatic rings. The van der Waals surface area contributed by atoms with E-state index in [4.69, 9.17) is 27.9 Å². The quantitative estimate of drug-likeness (QED) is 0.579. The van der Waals surface area contributed by atoms with Gasteiger partial charge >= 0.3 is 0 Å². The minimum atomic E-state index is -3.75. The van der Waals surface area contributed by atoms with Crippen molar-refractivity contribution in [3.63, 3.8) is 0 Å². The van der Waals surface area contributed by atoms with Crippen LogP contribution < -0.4 is 9.64 Å². The van der Waals surface area contributed by atoms with Gasteiger partial charge in [0.15, 0.2) is 0 Å². The third kappa shape index (κ3) is 3.78. The summed E-state index contributed by atoms with van der Waals surface area (Å²) >= 11 is 12.3. The lowest BCUT2D eigenvalue weighted by Gasteiger charge is -2.36. The summed E-state index contributed by atoms with van der Waals surface area (Å²) in [6, 6.07) is 17.2. The summed E-state index contributed by atoms with van der Waals surface area (Å²) in [4.78, 5) is 2.22. The maximum absolute atomic E-state index is 13.1. The fraction of sp³-hybridized carbons (Fsp3) is 0.238. The van der Waals surface area contributed by atoms with Crippen LogP contribution in [0.5, 0.6) is 5.75 Å². The molecule has 0 atom stereocenters. The van der Waals surface area contributed by atoms with Crippen LogP contribution in [-0.4, -0.2) is 46.0 Å². The number of hydrogen-bond acceptors (Lipinski definition) is 4. The average molecular weight is 451 g/mol. The van der Waals surface area contributed by atoms with Crippen molar-refractivity contribution < 1.29 is 13.2 Å².